The van der Waals surface area contributed by atoms with Crippen molar-refractivity contribution in [2.45, 2.75) is 52.4 Å². The number of hydrogen-bond acceptors (Lipinski definition) is 2. The minimum Gasteiger partial charge on any atom is -0.355 e. The van der Waals surface area contributed by atoms with Gasteiger partial charge in [-0.15, -0.1) is 0 Å². The molecule has 0 aromatic carbocycles. The number of nitrogens with zero attached hydrogens (tertiary/aromatic N) is 1. The molecule has 0 aliphatic carbocycles. The highest BCUT2D eigenvalue weighted by molar-refractivity contribution is 5.84. The van der Waals surface area contributed by atoms with E-state index in [0.717, 1.165) is 45.2 Å². The molecule has 104 valence electrons. The second-order valence-corrected chi connectivity index (χ2v) is 5.51. The number of carbonyl (C=O) groups is 2. The summed E-state index contributed by atoms with van der Waals surface area (Å²) in [5, 5.41) is 2.89. The predicted octanol–water partition coefficient (Wildman–Crippen LogP) is 1.94. The zero-order valence-electron chi connectivity index (χ0n) is 11.7. The van der Waals surface area contributed by atoms with Crippen molar-refractivity contribution in [3.05, 3.63) is 0 Å². The lowest BCUT2D eigenvalue weighted by Gasteiger charge is -2.19. The molecule has 1 heterocycles. The van der Waals surface area contributed by atoms with Crippen LogP contribution in [0.4, 0.5) is 0 Å². The molecule has 4 nitrogen and oxygen atoms in total. The lowest BCUT2D eigenvalue weighted by molar-refractivity contribution is -0.135. The summed E-state index contributed by atoms with van der Waals surface area (Å²) in [6.07, 6.45) is 5.82. The van der Waals surface area contributed by atoms with E-state index >= 15 is 0 Å². The maximum Gasteiger partial charge on any atom is 0.239 e. The van der Waals surface area contributed by atoms with E-state index in [1.165, 1.54) is 0 Å². The van der Waals surface area contributed by atoms with E-state index in [2.05, 4.69) is 19.2 Å². The van der Waals surface area contributed by atoms with Crippen molar-refractivity contribution >= 4 is 11.8 Å². The van der Waals surface area contributed by atoms with Gasteiger partial charge in [-0.3, -0.25) is 9.59 Å². The van der Waals surface area contributed by atoms with E-state index in [9.17, 15) is 9.59 Å². The second kappa shape index (κ2) is 8.11. The lowest BCUT2D eigenvalue weighted by atomic mass is 10.1. The Balaban J connectivity index is 2.19. The number of hydrogen-bond donors (Lipinski definition) is 1. The molecule has 1 saturated heterocycles. The fourth-order valence-electron chi connectivity index (χ4n) is 2.17. The highest BCUT2D eigenvalue weighted by atomic mass is 16.2. The summed E-state index contributed by atoms with van der Waals surface area (Å²) in [6.45, 7) is 6.05. The molecule has 1 aliphatic rings. The minimum atomic E-state index is -0.0194. The van der Waals surface area contributed by atoms with Gasteiger partial charge in [-0.25, -0.2) is 0 Å². The Morgan fingerprint density at radius 2 is 2.11 bits per heavy atom. The average molecular weight is 254 g/mol. The number of likely N-dealkylation sites (tertiary alicyclic amines) is 1. The molecule has 0 radical (unpaired) electrons. The smallest absolute Gasteiger partial charge is 0.239 e. The first-order chi connectivity index (χ1) is 8.59. The van der Waals surface area contributed by atoms with E-state index in [-0.39, 0.29) is 18.4 Å². The third kappa shape index (κ3) is 6.03. The zero-order chi connectivity index (χ0) is 13.4. The molecule has 1 aliphatic heterocycles. The van der Waals surface area contributed by atoms with Gasteiger partial charge >= 0.3 is 0 Å². The summed E-state index contributed by atoms with van der Waals surface area (Å²) in [4.78, 5) is 25.1. The number of carbonyl (C=O) groups excluding carboxylic acids is 2. The Labute approximate surface area is 110 Å². The standard InChI is InChI=1S/C14H26N2O2/c1-12(2)7-6-9-15-13(17)11-16-10-5-3-4-8-14(16)18/h12H,3-11H2,1-2H3,(H,15,17). The van der Waals surface area contributed by atoms with Gasteiger partial charge in [0.05, 0.1) is 6.54 Å². The number of rotatable bonds is 6. The van der Waals surface area contributed by atoms with Gasteiger partial charge in [-0.1, -0.05) is 20.3 Å². The quantitative estimate of drug-likeness (QED) is 0.736. The summed E-state index contributed by atoms with van der Waals surface area (Å²) < 4.78 is 0. The Bertz CT molecular complexity index is 277. The molecule has 2 amide bonds. The molecule has 4 heteroatoms. The lowest BCUT2D eigenvalue weighted by Crippen LogP contribution is -2.40. The highest BCUT2D eigenvalue weighted by Crippen LogP contribution is 2.10. The Kier molecular flexibility index (Phi) is 6.76. The number of amides is 2. The second-order valence-electron chi connectivity index (χ2n) is 5.51. The Hall–Kier alpha value is -1.06. The van der Waals surface area contributed by atoms with Crippen LogP contribution in [-0.4, -0.2) is 36.3 Å². The van der Waals surface area contributed by atoms with Crippen LogP contribution in [0.1, 0.15) is 52.4 Å². The van der Waals surface area contributed by atoms with Crippen molar-refractivity contribution in [3.8, 4) is 0 Å². The minimum absolute atomic E-state index is 0.0194. The van der Waals surface area contributed by atoms with E-state index < -0.39 is 0 Å². The van der Waals surface area contributed by atoms with Gasteiger partial charge in [0.15, 0.2) is 0 Å². The topological polar surface area (TPSA) is 49.4 Å². The summed E-state index contributed by atoms with van der Waals surface area (Å²) in [7, 11) is 0. The fraction of sp³-hybridized carbons (Fsp3) is 0.857. The Morgan fingerprint density at radius 3 is 2.83 bits per heavy atom. The van der Waals surface area contributed by atoms with Gasteiger partial charge < -0.3 is 10.2 Å². The first-order valence-electron chi connectivity index (χ1n) is 7.14. The highest BCUT2D eigenvalue weighted by Gasteiger charge is 2.18. The maximum absolute atomic E-state index is 11.7. The van der Waals surface area contributed by atoms with Crippen LogP contribution in [0.2, 0.25) is 0 Å². The van der Waals surface area contributed by atoms with Crippen LogP contribution < -0.4 is 5.32 Å². The van der Waals surface area contributed by atoms with Crippen molar-refractivity contribution in [2.24, 2.45) is 5.92 Å². The van der Waals surface area contributed by atoms with Gasteiger partial charge in [0.1, 0.15) is 0 Å². The van der Waals surface area contributed by atoms with Gasteiger partial charge in [0.25, 0.3) is 0 Å². The molecular weight excluding hydrogens is 228 g/mol. The van der Waals surface area contributed by atoms with Gasteiger partial charge in [-0.2, -0.15) is 0 Å². The van der Waals surface area contributed by atoms with E-state index in [1.54, 1.807) is 4.90 Å². The SMILES string of the molecule is CC(C)CCCNC(=O)CN1CCCCCC1=O. The fourth-order valence-corrected chi connectivity index (χ4v) is 2.17. The van der Waals surface area contributed by atoms with Gasteiger partial charge in [0, 0.05) is 19.5 Å². The average Bonchev–Trinajstić information content (AvgIpc) is 2.50. The van der Waals surface area contributed by atoms with Crippen LogP contribution in [0.25, 0.3) is 0 Å². The first kappa shape index (κ1) is 15.0. The van der Waals surface area contributed by atoms with E-state index in [4.69, 9.17) is 0 Å². The molecule has 0 atom stereocenters. The summed E-state index contributed by atoms with van der Waals surface area (Å²) >= 11 is 0. The first-order valence-corrected chi connectivity index (χ1v) is 7.14. The van der Waals surface area contributed by atoms with Crippen LogP contribution in [-0.2, 0) is 9.59 Å². The predicted molar refractivity (Wildman–Crippen MR) is 72.1 cm³/mol. The van der Waals surface area contributed by atoms with Crippen LogP contribution in [0.3, 0.4) is 0 Å². The molecule has 1 N–H and O–H groups in total. The molecule has 0 unspecified atom stereocenters. The zero-order valence-corrected chi connectivity index (χ0v) is 11.7. The molecule has 18 heavy (non-hydrogen) atoms. The monoisotopic (exact) mass is 254 g/mol. The van der Waals surface area contributed by atoms with Crippen molar-refractivity contribution in [3.63, 3.8) is 0 Å². The molecule has 0 saturated carbocycles. The molecule has 0 bridgehead atoms. The summed E-state index contributed by atoms with van der Waals surface area (Å²) in [6, 6.07) is 0. The molecular formula is C14H26N2O2. The third-order valence-electron chi connectivity index (χ3n) is 3.29. The van der Waals surface area contributed by atoms with Crippen LogP contribution in [0.5, 0.6) is 0 Å². The molecule has 0 spiro atoms. The van der Waals surface area contributed by atoms with Crippen molar-refractivity contribution < 1.29 is 9.59 Å². The number of nitrogens with one attached hydrogen (secondary N) is 1. The van der Waals surface area contributed by atoms with Gasteiger partial charge in [-0.05, 0) is 31.6 Å². The van der Waals surface area contributed by atoms with E-state index in [0.29, 0.717) is 12.3 Å². The van der Waals surface area contributed by atoms with Crippen LogP contribution >= 0.6 is 0 Å². The van der Waals surface area contributed by atoms with Crippen molar-refractivity contribution in [1.29, 1.82) is 0 Å². The van der Waals surface area contributed by atoms with Crippen molar-refractivity contribution in [2.75, 3.05) is 19.6 Å². The molecule has 1 fully saturated rings. The normalized spacial score (nSPS) is 16.8. The van der Waals surface area contributed by atoms with Crippen molar-refractivity contribution in [1.82, 2.24) is 10.2 Å². The maximum atomic E-state index is 11.7. The summed E-state index contributed by atoms with van der Waals surface area (Å²) in [5.41, 5.74) is 0. The molecule has 1 rings (SSSR count). The molecule has 0 aromatic rings. The Morgan fingerprint density at radius 1 is 1.33 bits per heavy atom. The molecule has 0 aromatic heterocycles. The third-order valence-corrected chi connectivity index (χ3v) is 3.29. The van der Waals surface area contributed by atoms with Crippen LogP contribution in [0, 0.1) is 5.92 Å². The summed E-state index contributed by atoms with van der Waals surface area (Å²) in [5.74, 6) is 0.785. The van der Waals surface area contributed by atoms with Gasteiger partial charge in [0.2, 0.25) is 11.8 Å². The largest absolute Gasteiger partial charge is 0.355 e. The van der Waals surface area contributed by atoms with Crippen LogP contribution in [0.15, 0.2) is 0 Å². The van der Waals surface area contributed by atoms with E-state index in [1.807, 2.05) is 0 Å².